The van der Waals surface area contributed by atoms with Crippen molar-refractivity contribution in [2.45, 2.75) is 166 Å². The minimum atomic E-state index is -2.92. The van der Waals surface area contributed by atoms with Crippen molar-refractivity contribution >= 4 is 44.3 Å². The minimum absolute atomic E-state index is 0. The van der Waals surface area contributed by atoms with Crippen LogP contribution in [0.3, 0.4) is 0 Å². The largest absolute Gasteiger partial charge is 0.444 e. The maximum atomic E-state index is 11.7. The SMILES string of the molecule is CN(CCS(C)(=O)=O)C1CCC(NC(=O)OC(C)(C)C)CC1.CNC1CCC(NC(=O)OC(C)(C)C)CC1.C[N+](C)(CCS(C)(=O)=O)C1CCC(N)CC1.Cl. The van der Waals surface area contributed by atoms with Gasteiger partial charge in [0.15, 0.2) is 9.84 Å². The maximum absolute atomic E-state index is 11.7. The highest BCUT2D eigenvalue weighted by Crippen LogP contribution is 2.26. The van der Waals surface area contributed by atoms with E-state index in [0.717, 1.165) is 81.5 Å². The number of quaternary nitrogens is 1. The minimum Gasteiger partial charge on any atom is -0.444 e. The molecule has 0 bridgehead atoms. The summed E-state index contributed by atoms with van der Waals surface area (Å²) < 4.78 is 56.1. The Bertz CT molecular complexity index is 1330. The Kier molecular flexibility index (Phi) is 23.2. The molecule has 3 aliphatic rings. The number of nitrogens with one attached hydrogen (secondary N) is 3. The molecule has 0 atom stereocenters. The summed E-state index contributed by atoms with van der Waals surface area (Å²) in [5, 5.41) is 9.12. The van der Waals surface area contributed by atoms with E-state index in [1.807, 2.05) is 55.6 Å². The molecule has 5 N–H and O–H groups in total. The highest BCUT2D eigenvalue weighted by molar-refractivity contribution is 7.90. The van der Waals surface area contributed by atoms with Crippen molar-refractivity contribution in [2.75, 3.05) is 65.3 Å². The van der Waals surface area contributed by atoms with Crippen molar-refractivity contribution < 1.29 is 40.4 Å². The lowest BCUT2D eigenvalue weighted by atomic mass is 9.90. The molecule has 0 radical (unpaired) electrons. The first kappa shape index (κ1) is 53.6. The van der Waals surface area contributed by atoms with E-state index >= 15 is 0 Å². The second-order valence-electron chi connectivity index (χ2n) is 18.4. The highest BCUT2D eigenvalue weighted by Gasteiger charge is 2.32. The van der Waals surface area contributed by atoms with E-state index in [4.69, 9.17) is 15.2 Å². The molecule has 328 valence electrons. The number of ether oxygens (including phenoxy) is 2. The topological polar surface area (TPSA) is 186 Å². The molecule has 2 amide bonds. The molecule has 0 aromatic carbocycles. The average Bonchev–Trinajstić information content (AvgIpc) is 3.02. The zero-order valence-electron chi connectivity index (χ0n) is 36.2. The lowest BCUT2D eigenvalue weighted by molar-refractivity contribution is -0.914. The summed E-state index contributed by atoms with van der Waals surface area (Å²) in [4.78, 5) is 25.4. The Balaban J connectivity index is 0.000000803. The van der Waals surface area contributed by atoms with Gasteiger partial charge in [-0.25, -0.2) is 26.4 Å². The van der Waals surface area contributed by atoms with Crippen molar-refractivity contribution in [3.8, 4) is 0 Å². The Hall–Kier alpha value is -1.43. The van der Waals surface area contributed by atoms with Gasteiger partial charge < -0.3 is 40.5 Å². The van der Waals surface area contributed by atoms with Crippen molar-refractivity contribution in [3.05, 3.63) is 0 Å². The molecule has 55 heavy (non-hydrogen) atoms. The Labute approximate surface area is 341 Å². The number of sulfone groups is 2. The number of hydrogen-bond acceptors (Lipinski definition) is 11. The molecule has 0 aromatic rings. The molecule has 0 spiro atoms. The molecule has 17 heteroatoms. The van der Waals surface area contributed by atoms with Crippen LogP contribution in [0, 0.1) is 0 Å². The standard InChI is InChI=1S/C15H30N2O4S.C12H24N2O2.C11H25N2O2S.ClH/c1-15(2,3)21-14(18)16-12-6-8-13(9-7-12)17(4)10-11-22(5,19)20;1-12(2,3)16-11(15)14-10-7-5-9(13-4)6-8-10;1-13(2,8-9-16(3,14)15)11-6-4-10(12)5-7-11;/h12-13H,6-11H2,1-5H3,(H,16,18);9-10,13H,5-8H2,1-4H3,(H,14,15);10-11H,4-9,12H2,1-3H3;1H/q;;+1;. The first-order valence-corrected chi connectivity index (χ1v) is 24.0. The number of rotatable bonds is 11. The predicted molar refractivity (Wildman–Crippen MR) is 226 cm³/mol. The Morgan fingerprint density at radius 3 is 1.44 bits per heavy atom. The van der Waals surface area contributed by atoms with E-state index in [9.17, 15) is 26.4 Å². The summed E-state index contributed by atoms with van der Waals surface area (Å²) in [6.07, 6.45) is 14.3. The summed E-state index contributed by atoms with van der Waals surface area (Å²) >= 11 is 0. The quantitative estimate of drug-likeness (QED) is 0.213. The molecule has 3 rings (SSSR count). The van der Waals surface area contributed by atoms with Gasteiger partial charge in [0.2, 0.25) is 0 Å². The normalized spacial score (nSPS) is 25.1. The van der Waals surface area contributed by atoms with Gasteiger partial charge in [0, 0.05) is 62.1 Å². The van der Waals surface area contributed by atoms with E-state index in [0.29, 0.717) is 37.3 Å². The van der Waals surface area contributed by atoms with Gasteiger partial charge in [0.1, 0.15) is 21.0 Å². The second-order valence-corrected chi connectivity index (χ2v) is 23.0. The molecule has 0 aliphatic heterocycles. The van der Waals surface area contributed by atoms with Crippen LogP contribution < -0.4 is 21.7 Å². The first-order valence-electron chi connectivity index (χ1n) is 19.9. The number of halogens is 1. The fourth-order valence-electron chi connectivity index (χ4n) is 7.01. The smallest absolute Gasteiger partial charge is 0.407 e. The van der Waals surface area contributed by atoms with Gasteiger partial charge in [-0.2, -0.15) is 0 Å². The molecule has 0 unspecified atom stereocenters. The summed E-state index contributed by atoms with van der Waals surface area (Å²) in [7, 11) is 2.46. The molecular weight excluding hydrogens is 768 g/mol. The van der Waals surface area contributed by atoms with Crippen molar-refractivity contribution in [3.63, 3.8) is 0 Å². The van der Waals surface area contributed by atoms with Gasteiger partial charge >= 0.3 is 12.2 Å². The van der Waals surface area contributed by atoms with Crippen LogP contribution in [0.5, 0.6) is 0 Å². The molecule has 0 heterocycles. The van der Waals surface area contributed by atoms with Gasteiger partial charge in [-0.3, -0.25) is 0 Å². The lowest BCUT2D eigenvalue weighted by Gasteiger charge is -2.41. The van der Waals surface area contributed by atoms with Gasteiger partial charge in [-0.05, 0) is 120 Å². The maximum Gasteiger partial charge on any atom is 0.407 e. The van der Waals surface area contributed by atoms with E-state index in [1.165, 1.54) is 12.5 Å². The number of carbonyl (C=O) groups excluding carboxylic acids is 2. The zero-order valence-corrected chi connectivity index (χ0v) is 38.7. The third-order valence-electron chi connectivity index (χ3n) is 10.5. The van der Waals surface area contributed by atoms with Crippen LogP contribution in [0.4, 0.5) is 9.59 Å². The fourth-order valence-corrected chi connectivity index (χ4v) is 8.43. The Morgan fingerprint density at radius 2 is 1.07 bits per heavy atom. The zero-order chi connectivity index (χ0) is 41.5. The second kappa shape index (κ2) is 23.8. The van der Waals surface area contributed by atoms with E-state index in [2.05, 4.69) is 34.9 Å². The summed E-state index contributed by atoms with van der Waals surface area (Å²) in [6, 6.07) is 2.34. The number of nitrogens with zero attached hydrogens (tertiary/aromatic N) is 2. The fraction of sp³-hybridized carbons (Fsp3) is 0.947. The van der Waals surface area contributed by atoms with E-state index in [-0.39, 0.29) is 48.2 Å². The summed E-state index contributed by atoms with van der Waals surface area (Å²) in [5.74, 6) is 0.474. The molecule has 3 saturated carbocycles. The number of nitrogens with two attached hydrogens (primary N) is 1. The van der Waals surface area contributed by atoms with E-state index < -0.39 is 30.9 Å². The number of hydrogen-bond donors (Lipinski definition) is 4. The van der Waals surface area contributed by atoms with Crippen LogP contribution in [0.2, 0.25) is 0 Å². The molecule has 14 nitrogen and oxygen atoms in total. The van der Waals surface area contributed by atoms with Crippen molar-refractivity contribution in [2.24, 2.45) is 5.73 Å². The molecule has 3 fully saturated rings. The van der Waals surface area contributed by atoms with Crippen LogP contribution in [-0.4, -0.2) is 151 Å². The molecule has 0 aromatic heterocycles. The highest BCUT2D eigenvalue weighted by atomic mass is 35.5. The third-order valence-corrected chi connectivity index (χ3v) is 12.3. The van der Waals surface area contributed by atoms with Crippen molar-refractivity contribution in [1.82, 2.24) is 20.9 Å². The van der Waals surface area contributed by atoms with Gasteiger partial charge in [-0.15, -0.1) is 12.4 Å². The molecule has 0 saturated heterocycles. The van der Waals surface area contributed by atoms with Gasteiger partial charge in [0.25, 0.3) is 0 Å². The van der Waals surface area contributed by atoms with Crippen LogP contribution in [-0.2, 0) is 29.1 Å². The third kappa shape index (κ3) is 26.2. The summed E-state index contributed by atoms with van der Waals surface area (Å²) in [6.45, 7) is 12.5. The van der Waals surface area contributed by atoms with Crippen LogP contribution in [0.15, 0.2) is 0 Å². The van der Waals surface area contributed by atoms with E-state index in [1.54, 1.807) is 0 Å². The molecule has 3 aliphatic carbocycles. The number of amides is 2. The monoisotopic (exact) mass is 848 g/mol. The van der Waals surface area contributed by atoms with Crippen LogP contribution in [0.25, 0.3) is 0 Å². The summed E-state index contributed by atoms with van der Waals surface area (Å²) in [5.41, 5.74) is 4.99. The Morgan fingerprint density at radius 1 is 0.691 bits per heavy atom. The lowest BCUT2D eigenvalue weighted by Crippen LogP contribution is -2.53. The van der Waals surface area contributed by atoms with Crippen molar-refractivity contribution in [1.29, 1.82) is 0 Å². The average molecular weight is 849 g/mol. The first-order chi connectivity index (χ1) is 24.6. The van der Waals surface area contributed by atoms with Crippen LogP contribution in [0.1, 0.15) is 119 Å². The molecular formula is C38H80ClN6O8S2+. The predicted octanol–water partition coefficient (Wildman–Crippen LogP) is 4.64. The van der Waals surface area contributed by atoms with Crippen LogP contribution >= 0.6 is 12.4 Å². The van der Waals surface area contributed by atoms with Gasteiger partial charge in [0.05, 0.1) is 38.2 Å². The number of alkyl carbamates (subject to hydrolysis) is 2. The van der Waals surface area contributed by atoms with Gasteiger partial charge in [-0.1, -0.05) is 0 Å². The number of carbonyl (C=O) groups is 2.